The molecule has 0 aliphatic rings. The molecule has 1 atom stereocenters. The topological polar surface area (TPSA) is 64.4 Å². The predicted octanol–water partition coefficient (Wildman–Crippen LogP) is 4.67. The third-order valence-electron chi connectivity index (χ3n) is 5.57. The van der Waals surface area contributed by atoms with Gasteiger partial charge in [-0.25, -0.2) is 4.98 Å². The molecule has 0 radical (unpaired) electrons. The van der Waals surface area contributed by atoms with Crippen molar-refractivity contribution in [3.63, 3.8) is 0 Å². The van der Waals surface area contributed by atoms with E-state index >= 15 is 0 Å². The van der Waals surface area contributed by atoms with Crippen LogP contribution in [0.5, 0.6) is 5.75 Å². The standard InChI is InChI=1S/C25H31N3O3/c1-6-27-23(26-22-13-8-7-12-21(22)25(27)30)18(4)28(15-14-17(2)3)24(29)19-10-9-11-20(16-19)31-5/h7-13,16-18H,6,14-15H2,1-5H3. The smallest absolute Gasteiger partial charge is 0.261 e. The first kappa shape index (κ1) is 22.5. The Bertz CT molecular complexity index is 1120. The Labute approximate surface area is 183 Å². The van der Waals surface area contributed by atoms with Gasteiger partial charge in [-0.15, -0.1) is 0 Å². The lowest BCUT2D eigenvalue weighted by atomic mass is 10.1. The monoisotopic (exact) mass is 421 g/mol. The molecule has 1 heterocycles. The summed E-state index contributed by atoms with van der Waals surface area (Å²) in [4.78, 5) is 33.3. The summed E-state index contributed by atoms with van der Waals surface area (Å²) in [5.74, 6) is 1.57. The van der Waals surface area contributed by atoms with Gasteiger partial charge in [0.25, 0.3) is 11.5 Å². The second-order valence-corrected chi connectivity index (χ2v) is 8.13. The van der Waals surface area contributed by atoms with Gasteiger partial charge in [0.1, 0.15) is 11.6 Å². The van der Waals surface area contributed by atoms with Crippen LogP contribution in [0.2, 0.25) is 0 Å². The number of aromatic nitrogens is 2. The highest BCUT2D eigenvalue weighted by molar-refractivity contribution is 5.95. The van der Waals surface area contributed by atoms with Gasteiger partial charge < -0.3 is 9.64 Å². The predicted molar refractivity (Wildman–Crippen MR) is 124 cm³/mol. The van der Waals surface area contributed by atoms with Gasteiger partial charge >= 0.3 is 0 Å². The Morgan fingerprint density at radius 1 is 1.13 bits per heavy atom. The molecule has 0 saturated heterocycles. The number of hydrogen-bond acceptors (Lipinski definition) is 4. The lowest BCUT2D eigenvalue weighted by molar-refractivity contribution is 0.0669. The first-order chi connectivity index (χ1) is 14.9. The highest BCUT2D eigenvalue weighted by Gasteiger charge is 2.27. The third-order valence-corrected chi connectivity index (χ3v) is 5.57. The van der Waals surface area contributed by atoms with Crippen LogP contribution in [0.3, 0.4) is 0 Å². The van der Waals surface area contributed by atoms with Crippen LogP contribution in [0, 0.1) is 5.92 Å². The third kappa shape index (κ3) is 4.79. The molecule has 6 heteroatoms. The zero-order valence-electron chi connectivity index (χ0n) is 19.0. The van der Waals surface area contributed by atoms with E-state index in [1.165, 1.54) is 0 Å². The van der Waals surface area contributed by atoms with E-state index in [0.717, 1.165) is 6.42 Å². The molecule has 0 N–H and O–H groups in total. The number of nitrogens with zero attached hydrogens (tertiary/aromatic N) is 3. The summed E-state index contributed by atoms with van der Waals surface area (Å²) in [6, 6.07) is 14.2. The second kappa shape index (κ2) is 9.77. The highest BCUT2D eigenvalue weighted by Crippen LogP contribution is 2.24. The fourth-order valence-corrected chi connectivity index (χ4v) is 3.74. The molecule has 6 nitrogen and oxygen atoms in total. The maximum atomic E-state index is 13.5. The van der Waals surface area contributed by atoms with E-state index in [9.17, 15) is 9.59 Å². The SMILES string of the molecule is CCn1c(C(C)N(CCC(C)C)C(=O)c2cccc(OC)c2)nc2ccccc2c1=O. The number of amides is 1. The zero-order chi connectivity index (χ0) is 22.5. The van der Waals surface area contributed by atoms with Crippen molar-refractivity contribution in [2.45, 2.75) is 46.7 Å². The normalized spacial score (nSPS) is 12.2. The molecule has 1 aromatic heterocycles. The number of hydrogen-bond donors (Lipinski definition) is 0. The van der Waals surface area contributed by atoms with E-state index in [-0.39, 0.29) is 17.5 Å². The van der Waals surface area contributed by atoms with Crippen LogP contribution >= 0.6 is 0 Å². The van der Waals surface area contributed by atoms with Crippen molar-refractivity contribution < 1.29 is 9.53 Å². The molecule has 3 aromatic rings. The quantitative estimate of drug-likeness (QED) is 0.530. The maximum Gasteiger partial charge on any atom is 0.261 e. The lowest BCUT2D eigenvalue weighted by Crippen LogP contribution is -2.38. The van der Waals surface area contributed by atoms with Crippen LogP contribution in [0.4, 0.5) is 0 Å². The molecule has 1 amide bonds. The van der Waals surface area contributed by atoms with Gasteiger partial charge in [0, 0.05) is 18.7 Å². The van der Waals surface area contributed by atoms with Gasteiger partial charge in [0.05, 0.1) is 24.1 Å². The molecule has 0 aliphatic carbocycles. The average Bonchev–Trinajstić information content (AvgIpc) is 2.78. The van der Waals surface area contributed by atoms with E-state index in [4.69, 9.17) is 9.72 Å². The Balaban J connectivity index is 2.08. The Morgan fingerprint density at radius 2 is 1.87 bits per heavy atom. The summed E-state index contributed by atoms with van der Waals surface area (Å²) in [6.07, 6.45) is 0.851. The zero-order valence-corrected chi connectivity index (χ0v) is 19.0. The number of para-hydroxylation sites is 1. The van der Waals surface area contributed by atoms with Crippen LogP contribution in [-0.2, 0) is 6.54 Å². The molecular formula is C25H31N3O3. The molecule has 0 aliphatic heterocycles. The van der Waals surface area contributed by atoms with Gasteiger partial charge in [-0.05, 0) is 56.5 Å². The van der Waals surface area contributed by atoms with Crippen molar-refractivity contribution in [3.8, 4) is 5.75 Å². The van der Waals surface area contributed by atoms with E-state index in [0.29, 0.717) is 47.0 Å². The van der Waals surface area contributed by atoms with Gasteiger partial charge in [-0.2, -0.15) is 0 Å². The molecule has 164 valence electrons. The summed E-state index contributed by atoms with van der Waals surface area (Å²) in [5, 5.41) is 0.591. The average molecular weight is 422 g/mol. The minimum absolute atomic E-state index is 0.0763. The lowest BCUT2D eigenvalue weighted by Gasteiger charge is -2.31. The van der Waals surface area contributed by atoms with Crippen molar-refractivity contribution >= 4 is 16.8 Å². The van der Waals surface area contributed by atoms with Gasteiger partial charge in [-0.3, -0.25) is 14.2 Å². The summed E-state index contributed by atoms with van der Waals surface area (Å²) in [6.45, 7) is 9.20. The summed E-state index contributed by atoms with van der Waals surface area (Å²) < 4.78 is 6.97. The highest BCUT2D eigenvalue weighted by atomic mass is 16.5. The number of carbonyl (C=O) groups is 1. The minimum Gasteiger partial charge on any atom is -0.497 e. The Morgan fingerprint density at radius 3 is 2.55 bits per heavy atom. The number of ether oxygens (including phenoxy) is 1. The first-order valence-electron chi connectivity index (χ1n) is 10.8. The minimum atomic E-state index is -0.366. The summed E-state index contributed by atoms with van der Waals surface area (Å²) >= 11 is 0. The van der Waals surface area contributed by atoms with Crippen molar-refractivity contribution in [1.82, 2.24) is 14.5 Å². The number of fused-ring (bicyclic) bond motifs is 1. The fraction of sp³-hybridized carbons (Fsp3) is 0.400. The Hall–Kier alpha value is -3.15. The second-order valence-electron chi connectivity index (χ2n) is 8.13. The van der Waals surface area contributed by atoms with E-state index in [1.54, 1.807) is 29.9 Å². The van der Waals surface area contributed by atoms with Crippen molar-refractivity contribution in [2.24, 2.45) is 5.92 Å². The van der Waals surface area contributed by atoms with Gasteiger partial charge in [0.2, 0.25) is 0 Å². The van der Waals surface area contributed by atoms with E-state index in [1.807, 2.05) is 49.1 Å². The van der Waals surface area contributed by atoms with Crippen molar-refractivity contribution in [3.05, 3.63) is 70.3 Å². The van der Waals surface area contributed by atoms with E-state index in [2.05, 4.69) is 13.8 Å². The fourth-order valence-electron chi connectivity index (χ4n) is 3.74. The van der Waals surface area contributed by atoms with Crippen LogP contribution in [0.1, 0.15) is 56.3 Å². The molecule has 0 spiro atoms. The van der Waals surface area contributed by atoms with Crippen LogP contribution < -0.4 is 10.3 Å². The van der Waals surface area contributed by atoms with Crippen LogP contribution in [0.25, 0.3) is 10.9 Å². The molecule has 31 heavy (non-hydrogen) atoms. The van der Waals surface area contributed by atoms with Crippen LogP contribution in [0.15, 0.2) is 53.3 Å². The number of benzene rings is 2. The molecule has 3 rings (SSSR count). The van der Waals surface area contributed by atoms with Crippen LogP contribution in [-0.4, -0.2) is 34.0 Å². The summed E-state index contributed by atoms with van der Waals surface area (Å²) in [7, 11) is 1.59. The molecule has 2 aromatic carbocycles. The summed E-state index contributed by atoms with van der Waals surface area (Å²) in [5.41, 5.74) is 1.13. The maximum absolute atomic E-state index is 13.5. The van der Waals surface area contributed by atoms with E-state index < -0.39 is 0 Å². The number of carbonyl (C=O) groups excluding carboxylic acids is 1. The molecule has 0 fully saturated rings. The Kier molecular flexibility index (Phi) is 7.10. The molecular weight excluding hydrogens is 390 g/mol. The largest absolute Gasteiger partial charge is 0.497 e. The van der Waals surface area contributed by atoms with Crippen molar-refractivity contribution in [2.75, 3.05) is 13.7 Å². The number of rotatable bonds is 8. The molecule has 0 bridgehead atoms. The molecule has 0 saturated carbocycles. The van der Waals surface area contributed by atoms with Gasteiger partial charge in [-0.1, -0.05) is 32.0 Å². The van der Waals surface area contributed by atoms with Gasteiger partial charge in [0.15, 0.2) is 0 Å². The number of methoxy groups -OCH3 is 1. The first-order valence-corrected chi connectivity index (χ1v) is 10.8. The molecule has 1 unspecified atom stereocenters. The van der Waals surface area contributed by atoms with Crippen molar-refractivity contribution in [1.29, 1.82) is 0 Å².